The van der Waals surface area contributed by atoms with Gasteiger partial charge in [0.1, 0.15) is 6.04 Å². The molecule has 1 aromatic carbocycles. The van der Waals surface area contributed by atoms with E-state index in [1.165, 1.54) is 0 Å². The molecular formula is C27H28N8O3. The number of fused-ring (bicyclic) bond motifs is 1. The molecule has 3 amide bonds. The zero-order valence-corrected chi connectivity index (χ0v) is 20.8. The number of anilines is 2. The molecule has 11 heteroatoms. The minimum atomic E-state index is -0.834. The molecule has 2 N–H and O–H groups in total. The van der Waals surface area contributed by atoms with Gasteiger partial charge in [0.2, 0.25) is 11.9 Å². The lowest BCUT2D eigenvalue weighted by Crippen LogP contribution is -2.51. The summed E-state index contributed by atoms with van der Waals surface area (Å²) in [5, 5.41) is 10.6. The fourth-order valence-corrected chi connectivity index (χ4v) is 5.39. The lowest BCUT2D eigenvalue weighted by molar-refractivity contribution is -0.125. The van der Waals surface area contributed by atoms with Crippen LogP contribution in [-0.2, 0) is 11.3 Å². The molecule has 38 heavy (non-hydrogen) atoms. The van der Waals surface area contributed by atoms with E-state index in [0.717, 1.165) is 42.3 Å². The van der Waals surface area contributed by atoms with Gasteiger partial charge < -0.3 is 15.5 Å². The second kappa shape index (κ2) is 9.73. The van der Waals surface area contributed by atoms with Gasteiger partial charge in [-0.1, -0.05) is 12.6 Å². The maximum atomic E-state index is 13.3. The Balaban J connectivity index is 1.11. The van der Waals surface area contributed by atoms with Gasteiger partial charge in [-0.3, -0.25) is 24.0 Å². The van der Waals surface area contributed by atoms with E-state index in [2.05, 4.69) is 37.2 Å². The minimum absolute atomic E-state index is 0.287. The first-order chi connectivity index (χ1) is 18.5. The molecule has 2 fully saturated rings. The number of amides is 3. The number of hydrogen-bond donors (Lipinski definition) is 2. The fourth-order valence-electron chi connectivity index (χ4n) is 5.39. The summed E-state index contributed by atoms with van der Waals surface area (Å²) in [6.07, 6.45) is 10.1. The Morgan fingerprint density at radius 1 is 1.03 bits per heavy atom. The summed E-state index contributed by atoms with van der Waals surface area (Å²) in [5.74, 6) is -0.514. The molecule has 194 valence electrons. The van der Waals surface area contributed by atoms with Crippen molar-refractivity contribution in [3.05, 3.63) is 78.0 Å². The lowest BCUT2D eigenvalue weighted by Gasteiger charge is -2.31. The van der Waals surface area contributed by atoms with Crippen LogP contribution in [-0.4, -0.2) is 61.5 Å². The Morgan fingerprint density at radius 2 is 1.82 bits per heavy atom. The first-order valence-corrected chi connectivity index (χ1v) is 12.8. The quantitative estimate of drug-likeness (QED) is 0.483. The van der Waals surface area contributed by atoms with Crippen LogP contribution in [0.2, 0.25) is 0 Å². The predicted molar refractivity (Wildman–Crippen MR) is 139 cm³/mol. The number of allylic oxidation sites excluding steroid dienone is 1. The molecule has 0 spiro atoms. The Bertz CT molecular complexity index is 1410. The van der Waals surface area contributed by atoms with Crippen LogP contribution < -0.4 is 15.5 Å². The topological polar surface area (TPSA) is 125 Å². The highest BCUT2D eigenvalue weighted by Crippen LogP contribution is 2.33. The average molecular weight is 513 g/mol. The maximum absolute atomic E-state index is 13.3. The van der Waals surface area contributed by atoms with Gasteiger partial charge in [-0.05, 0) is 43.9 Å². The highest BCUT2D eigenvalue weighted by atomic mass is 16.2. The molecule has 0 bridgehead atoms. The summed E-state index contributed by atoms with van der Waals surface area (Å²) in [7, 11) is 0. The number of rotatable bonds is 6. The lowest BCUT2D eigenvalue weighted by atomic mass is 10.0. The standard InChI is InChI=1S/C27H28N8O3/c1-17-6-7-22(24(36)32-17)35-25(37)20-4-2-5-21(23(20)26(35)38)30-14-18-15-31-34(16-18)19-8-12-33(13-9-19)27-28-10-3-11-29-27/h2-5,10-11,15-16,19,22,30H,1,6-9,12-14H2,(H,32,36). The number of hydrogen-bond acceptors (Lipinski definition) is 8. The van der Waals surface area contributed by atoms with E-state index in [0.29, 0.717) is 41.9 Å². The van der Waals surface area contributed by atoms with Crippen LogP contribution in [0.1, 0.15) is 58.0 Å². The largest absolute Gasteiger partial charge is 0.380 e. The van der Waals surface area contributed by atoms with E-state index >= 15 is 0 Å². The number of piperidine rings is 2. The van der Waals surface area contributed by atoms with E-state index in [1.54, 1.807) is 30.6 Å². The third-order valence-corrected chi connectivity index (χ3v) is 7.39. The Hall–Kier alpha value is -4.54. The molecule has 5 heterocycles. The Morgan fingerprint density at radius 3 is 2.58 bits per heavy atom. The predicted octanol–water partition coefficient (Wildman–Crippen LogP) is 2.52. The van der Waals surface area contributed by atoms with Gasteiger partial charge in [-0.15, -0.1) is 0 Å². The summed E-state index contributed by atoms with van der Waals surface area (Å²) in [6, 6.07) is 6.42. The number of imide groups is 1. The van der Waals surface area contributed by atoms with Gasteiger partial charge in [-0.2, -0.15) is 5.10 Å². The minimum Gasteiger partial charge on any atom is -0.380 e. The van der Waals surface area contributed by atoms with Crippen molar-refractivity contribution in [3.8, 4) is 0 Å². The van der Waals surface area contributed by atoms with Crippen molar-refractivity contribution in [1.29, 1.82) is 0 Å². The summed E-state index contributed by atoms with van der Waals surface area (Å²) < 4.78 is 2.00. The highest BCUT2D eigenvalue weighted by Gasteiger charge is 2.45. The third kappa shape index (κ3) is 4.29. The monoisotopic (exact) mass is 512 g/mol. The molecule has 1 unspecified atom stereocenters. The van der Waals surface area contributed by atoms with Crippen LogP contribution in [0, 0.1) is 0 Å². The van der Waals surface area contributed by atoms with Gasteiger partial charge >= 0.3 is 0 Å². The zero-order chi connectivity index (χ0) is 26.2. The van der Waals surface area contributed by atoms with Crippen LogP contribution in [0.25, 0.3) is 0 Å². The van der Waals surface area contributed by atoms with Crippen LogP contribution in [0.3, 0.4) is 0 Å². The van der Waals surface area contributed by atoms with Gasteiger partial charge in [-0.25, -0.2) is 9.97 Å². The van der Waals surface area contributed by atoms with E-state index in [4.69, 9.17) is 0 Å². The van der Waals surface area contributed by atoms with Gasteiger partial charge in [0.05, 0.1) is 23.4 Å². The molecule has 0 radical (unpaired) electrons. The molecule has 6 rings (SSSR count). The number of nitrogens with zero attached hydrogens (tertiary/aromatic N) is 6. The molecule has 2 saturated heterocycles. The van der Waals surface area contributed by atoms with Crippen LogP contribution in [0.15, 0.2) is 61.3 Å². The average Bonchev–Trinajstić information content (AvgIpc) is 3.51. The van der Waals surface area contributed by atoms with E-state index in [9.17, 15) is 14.4 Å². The van der Waals surface area contributed by atoms with Crippen molar-refractivity contribution < 1.29 is 14.4 Å². The van der Waals surface area contributed by atoms with E-state index < -0.39 is 17.9 Å². The number of nitrogens with one attached hydrogen (secondary N) is 2. The normalized spacial score (nSPS) is 20.1. The summed E-state index contributed by atoms with van der Waals surface area (Å²) in [5.41, 5.74) is 2.74. The molecule has 0 saturated carbocycles. The maximum Gasteiger partial charge on any atom is 0.264 e. The second-order valence-corrected chi connectivity index (χ2v) is 9.80. The van der Waals surface area contributed by atoms with Crippen molar-refractivity contribution in [3.63, 3.8) is 0 Å². The molecular weight excluding hydrogens is 484 g/mol. The van der Waals surface area contributed by atoms with Crippen molar-refractivity contribution in [2.24, 2.45) is 0 Å². The van der Waals surface area contributed by atoms with Crippen molar-refractivity contribution in [2.45, 2.75) is 44.3 Å². The summed E-state index contributed by atoms with van der Waals surface area (Å²) in [4.78, 5) is 50.9. The van der Waals surface area contributed by atoms with Crippen LogP contribution in [0.4, 0.5) is 11.6 Å². The van der Waals surface area contributed by atoms with Crippen LogP contribution >= 0.6 is 0 Å². The molecule has 3 aliphatic heterocycles. The van der Waals surface area contributed by atoms with E-state index in [1.807, 2.05) is 23.1 Å². The van der Waals surface area contributed by atoms with Crippen molar-refractivity contribution in [2.75, 3.05) is 23.3 Å². The molecule has 2 aromatic heterocycles. The molecule has 11 nitrogen and oxygen atoms in total. The number of carbonyl (C=O) groups excluding carboxylic acids is 3. The third-order valence-electron chi connectivity index (χ3n) is 7.39. The molecule has 3 aliphatic rings. The zero-order valence-electron chi connectivity index (χ0n) is 20.8. The van der Waals surface area contributed by atoms with Crippen LogP contribution in [0.5, 0.6) is 0 Å². The van der Waals surface area contributed by atoms with Gasteiger partial charge in [0, 0.05) is 55.2 Å². The molecule has 3 aromatic rings. The van der Waals surface area contributed by atoms with Gasteiger partial charge in [0.25, 0.3) is 11.8 Å². The fraction of sp³-hybridized carbons (Fsp3) is 0.333. The van der Waals surface area contributed by atoms with Crippen molar-refractivity contribution in [1.82, 2.24) is 30.0 Å². The Labute approximate surface area is 219 Å². The molecule has 0 aliphatic carbocycles. The number of carbonyl (C=O) groups is 3. The number of benzene rings is 1. The van der Waals surface area contributed by atoms with Crippen molar-refractivity contribution >= 4 is 29.4 Å². The highest BCUT2D eigenvalue weighted by molar-refractivity contribution is 6.25. The SMILES string of the molecule is C=C1CCC(N2C(=O)c3cccc(NCc4cnn(C5CCN(c6ncccn6)CC5)c4)c3C2=O)C(=O)N1. The molecule has 1 atom stereocenters. The second-order valence-electron chi connectivity index (χ2n) is 9.80. The smallest absolute Gasteiger partial charge is 0.264 e. The summed E-state index contributed by atoms with van der Waals surface area (Å²) >= 11 is 0. The first kappa shape index (κ1) is 23.8. The number of aromatic nitrogens is 4. The Kier molecular flexibility index (Phi) is 6.10. The van der Waals surface area contributed by atoms with Gasteiger partial charge in [0.15, 0.2) is 0 Å². The van der Waals surface area contributed by atoms with E-state index in [-0.39, 0.29) is 11.9 Å². The summed E-state index contributed by atoms with van der Waals surface area (Å²) in [6.45, 7) is 5.93. The first-order valence-electron chi connectivity index (χ1n) is 12.8.